The van der Waals surface area contributed by atoms with Crippen molar-refractivity contribution in [2.45, 2.75) is 32.1 Å². The van der Waals surface area contributed by atoms with Crippen LogP contribution in [0.5, 0.6) is 0 Å². The number of nitrogens with one attached hydrogen (secondary N) is 1. The molecule has 0 saturated carbocycles. The van der Waals surface area contributed by atoms with Gasteiger partial charge in [0.2, 0.25) is 5.91 Å². The van der Waals surface area contributed by atoms with Gasteiger partial charge in [0, 0.05) is 18.5 Å². The number of amides is 1. The van der Waals surface area contributed by atoms with Gasteiger partial charge in [-0.15, -0.1) is 0 Å². The van der Waals surface area contributed by atoms with Crippen LogP contribution in [-0.2, 0) is 16.0 Å². The fourth-order valence-corrected chi connectivity index (χ4v) is 3.63. The van der Waals surface area contributed by atoms with Gasteiger partial charge in [-0.2, -0.15) is 11.8 Å². The second kappa shape index (κ2) is 8.08. The molecule has 4 nitrogen and oxygen atoms in total. The molecule has 1 fully saturated rings. The van der Waals surface area contributed by atoms with Crippen molar-refractivity contribution < 1.29 is 14.7 Å². The molecule has 114 valence electrons. The monoisotopic (exact) mass is 307 g/mol. The van der Waals surface area contributed by atoms with E-state index in [1.54, 1.807) is 0 Å². The second-order valence-corrected chi connectivity index (χ2v) is 6.62. The lowest BCUT2D eigenvalue weighted by molar-refractivity contribution is -0.137. The SMILES string of the molecule is O=C(O)CCc1ccc(NC(=O)CC2CCSCC2)cc1. The smallest absolute Gasteiger partial charge is 0.303 e. The zero-order valence-electron chi connectivity index (χ0n) is 12.0. The van der Waals surface area contributed by atoms with Crippen molar-refractivity contribution in [1.82, 2.24) is 0 Å². The lowest BCUT2D eigenvalue weighted by atomic mass is 9.98. The first-order chi connectivity index (χ1) is 10.1. The highest BCUT2D eigenvalue weighted by Crippen LogP contribution is 2.25. The van der Waals surface area contributed by atoms with Crippen LogP contribution in [0.2, 0.25) is 0 Å². The predicted octanol–water partition coefficient (Wildman–Crippen LogP) is 3.18. The molecule has 0 bridgehead atoms. The summed E-state index contributed by atoms with van der Waals surface area (Å²) < 4.78 is 0. The first-order valence-electron chi connectivity index (χ1n) is 7.32. The maximum atomic E-state index is 12.0. The summed E-state index contributed by atoms with van der Waals surface area (Å²) in [6.07, 6.45) is 3.51. The van der Waals surface area contributed by atoms with Crippen molar-refractivity contribution in [2.24, 2.45) is 5.92 Å². The molecule has 2 N–H and O–H groups in total. The van der Waals surface area contributed by atoms with Crippen molar-refractivity contribution in [3.8, 4) is 0 Å². The van der Waals surface area contributed by atoms with E-state index in [2.05, 4.69) is 5.32 Å². The standard InChI is InChI=1S/C16H21NO3S/c18-15(11-13-7-9-21-10-8-13)17-14-4-1-12(2-5-14)3-6-16(19)20/h1-2,4-5,13H,3,6-11H2,(H,17,18)(H,19,20). The number of anilines is 1. The topological polar surface area (TPSA) is 66.4 Å². The molecule has 1 heterocycles. The molecule has 0 unspecified atom stereocenters. The first-order valence-corrected chi connectivity index (χ1v) is 8.47. The van der Waals surface area contributed by atoms with Gasteiger partial charge in [-0.1, -0.05) is 12.1 Å². The fourth-order valence-electron chi connectivity index (χ4n) is 2.43. The molecule has 21 heavy (non-hydrogen) atoms. The van der Waals surface area contributed by atoms with E-state index in [0.717, 1.165) is 35.6 Å². The molecule has 1 aromatic rings. The summed E-state index contributed by atoms with van der Waals surface area (Å²) in [7, 11) is 0. The van der Waals surface area contributed by atoms with Gasteiger partial charge in [0.05, 0.1) is 0 Å². The minimum absolute atomic E-state index is 0.0742. The van der Waals surface area contributed by atoms with Gasteiger partial charge in [-0.3, -0.25) is 9.59 Å². The summed E-state index contributed by atoms with van der Waals surface area (Å²) in [6, 6.07) is 7.42. The summed E-state index contributed by atoms with van der Waals surface area (Å²) in [4.78, 5) is 22.5. The number of carbonyl (C=O) groups is 2. The number of carboxylic acid groups (broad SMARTS) is 1. The highest BCUT2D eigenvalue weighted by molar-refractivity contribution is 7.99. The van der Waals surface area contributed by atoms with Gasteiger partial charge in [0.25, 0.3) is 0 Å². The lowest BCUT2D eigenvalue weighted by Gasteiger charge is -2.20. The van der Waals surface area contributed by atoms with E-state index in [9.17, 15) is 9.59 Å². The second-order valence-electron chi connectivity index (χ2n) is 5.40. The molecule has 1 aromatic carbocycles. The van der Waals surface area contributed by atoms with Gasteiger partial charge in [0.1, 0.15) is 0 Å². The van der Waals surface area contributed by atoms with E-state index in [-0.39, 0.29) is 12.3 Å². The van der Waals surface area contributed by atoms with E-state index in [4.69, 9.17) is 5.11 Å². The molecule has 1 amide bonds. The van der Waals surface area contributed by atoms with Gasteiger partial charge < -0.3 is 10.4 Å². The molecule has 0 radical (unpaired) electrons. The minimum atomic E-state index is -0.793. The number of hydrogen-bond acceptors (Lipinski definition) is 3. The average molecular weight is 307 g/mol. The molecule has 1 aliphatic heterocycles. The van der Waals surface area contributed by atoms with Crippen LogP contribution in [0.25, 0.3) is 0 Å². The summed E-state index contributed by atoms with van der Waals surface area (Å²) in [5.41, 5.74) is 1.75. The van der Waals surface area contributed by atoms with Crippen molar-refractivity contribution in [3.05, 3.63) is 29.8 Å². The zero-order chi connectivity index (χ0) is 15.1. The normalized spacial score (nSPS) is 15.6. The Morgan fingerprint density at radius 3 is 2.48 bits per heavy atom. The molecule has 1 aliphatic rings. The lowest BCUT2D eigenvalue weighted by Crippen LogP contribution is -2.19. The highest BCUT2D eigenvalue weighted by Gasteiger charge is 2.17. The van der Waals surface area contributed by atoms with Crippen LogP contribution in [0, 0.1) is 5.92 Å². The number of carboxylic acids is 1. The molecule has 2 rings (SSSR count). The molecule has 0 atom stereocenters. The van der Waals surface area contributed by atoms with Crippen LogP contribution in [0.1, 0.15) is 31.2 Å². The summed E-state index contributed by atoms with van der Waals surface area (Å²) >= 11 is 1.96. The molecule has 0 aliphatic carbocycles. The van der Waals surface area contributed by atoms with Gasteiger partial charge in [-0.05, 0) is 54.4 Å². The number of aryl methyl sites for hydroxylation is 1. The Hall–Kier alpha value is -1.49. The number of benzene rings is 1. The van der Waals surface area contributed by atoms with Crippen LogP contribution in [0.4, 0.5) is 5.69 Å². The average Bonchev–Trinajstić information content (AvgIpc) is 2.47. The number of carbonyl (C=O) groups excluding carboxylic acids is 1. The van der Waals surface area contributed by atoms with Crippen molar-refractivity contribution in [2.75, 3.05) is 16.8 Å². The Balaban J connectivity index is 1.79. The summed E-state index contributed by atoms with van der Waals surface area (Å²) in [6.45, 7) is 0. The molecule has 0 spiro atoms. The third-order valence-corrected chi connectivity index (χ3v) is 4.73. The number of aliphatic carboxylic acids is 1. The third kappa shape index (κ3) is 5.79. The molecular formula is C16H21NO3S. The first kappa shape index (κ1) is 15.9. The van der Waals surface area contributed by atoms with Crippen LogP contribution < -0.4 is 5.32 Å². The largest absolute Gasteiger partial charge is 0.481 e. The maximum absolute atomic E-state index is 12.0. The zero-order valence-corrected chi connectivity index (χ0v) is 12.8. The Bertz CT molecular complexity index is 481. The Morgan fingerprint density at radius 1 is 1.19 bits per heavy atom. The number of thioether (sulfide) groups is 1. The van der Waals surface area contributed by atoms with E-state index in [1.807, 2.05) is 36.0 Å². The van der Waals surface area contributed by atoms with Crippen LogP contribution in [0.15, 0.2) is 24.3 Å². The van der Waals surface area contributed by atoms with Crippen molar-refractivity contribution in [3.63, 3.8) is 0 Å². The molecule has 1 saturated heterocycles. The summed E-state index contributed by atoms with van der Waals surface area (Å²) in [5.74, 6) is 2.12. The molecule has 0 aromatic heterocycles. The Kier molecular flexibility index (Phi) is 6.11. The predicted molar refractivity (Wildman–Crippen MR) is 85.7 cm³/mol. The van der Waals surface area contributed by atoms with E-state index in [0.29, 0.717) is 18.8 Å². The van der Waals surface area contributed by atoms with Crippen LogP contribution >= 0.6 is 11.8 Å². The fraction of sp³-hybridized carbons (Fsp3) is 0.500. The van der Waals surface area contributed by atoms with Gasteiger partial charge in [0.15, 0.2) is 0 Å². The minimum Gasteiger partial charge on any atom is -0.481 e. The van der Waals surface area contributed by atoms with E-state index >= 15 is 0 Å². The Morgan fingerprint density at radius 2 is 1.86 bits per heavy atom. The van der Waals surface area contributed by atoms with Gasteiger partial charge in [-0.25, -0.2) is 0 Å². The summed E-state index contributed by atoms with van der Waals surface area (Å²) in [5, 5.41) is 11.6. The maximum Gasteiger partial charge on any atom is 0.303 e. The molecule has 5 heteroatoms. The number of hydrogen-bond donors (Lipinski definition) is 2. The van der Waals surface area contributed by atoms with Crippen LogP contribution in [-0.4, -0.2) is 28.5 Å². The van der Waals surface area contributed by atoms with Crippen LogP contribution in [0.3, 0.4) is 0 Å². The van der Waals surface area contributed by atoms with Gasteiger partial charge >= 0.3 is 5.97 Å². The van der Waals surface area contributed by atoms with Crippen molar-refractivity contribution in [1.29, 1.82) is 0 Å². The van der Waals surface area contributed by atoms with E-state index in [1.165, 1.54) is 0 Å². The quantitative estimate of drug-likeness (QED) is 0.847. The molecular weight excluding hydrogens is 286 g/mol. The Labute approximate surface area is 129 Å². The number of rotatable bonds is 6. The third-order valence-electron chi connectivity index (χ3n) is 3.68. The highest BCUT2D eigenvalue weighted by atomic mass is 32.2. The van der Waals surface area contributed by atoms with E-state index < -0.39 is 5.97 Å². The van der Waals surface area contributed by atoms with Crippen molar-refractivity contribution >= 4 is 29.3 Å².